The average molecular weight is 583 g/mol. The highest BCUT2D eigenvalue weighted by Crippen LogP contribution is 2.25. The highest BCUT2D eigenvalue weighted by molar-refractivity contribution is 5.94. The molecule has 0 saturated carbocycles. The van der Waals surface area contributed by atoms with E-state index < -0.39 is 24.3 Å². The smallest absolute Gasteiger partial charge is 0.475 e. The van der Waals surface area contributed by atoms with E-state index in [2.05, 4.69) is 9.88 Å². The van der Waals surface area contributed by atoms with Crippen LogP contribution >= 0.6 is 0 Å². The maximum atomic E-state index is 13.1. The fraction of sp³-hybridized carbons (Fsp3) is 0.417. The van der Waals surface area contributed by atoms with E-state index in [1.54, 1.807) is 18.3 Å². The van der Waals surface area contributed by atoms with E-state index in [0.717, 1.165) is 25.1 Å². The molecule has 40 heavy (non-hydrogen) atoms. The molecule has 0 aliphatic carbocycles. The zero-order chi connectivity index (χ0) is 30.1. The van der Waals surface area contributed by atoms with Gasteiger partial charge in [0.25, 0.3) is 5.91 Å². The lowest BCUT2D eigenvalue weighted by Crippen LogP contribution is -2.52. The normalized spacial score (nSPS) is 18.9. The van der Waals surface area contributed by atoms with Gasteiger partial charge >= 0.3 is 24.3 Å². The largest absolute Gasteiger partial charge is 0.490 e. The van der Waals surface area contributed by atoms with Crippen molar-refractivity contribution in [3.63, 3.8) is 0 Å². The van der Waals surface area contributed by atoms with Gasteiger partial charge in [-0.3, -0.25) is 14.7 Å². The van der Waals surface area contributed by atoms with Gasteiger partial charge in [-0.1, -0.05) is 6.07 Å². The summed E-state index contributed by atoms with van der Waals surface area (Å²) in [6, 6.07) is 10.0. The summed E-state index contributed by atoms with van der Waals surface area (Å²) in [5, 5.41) is 14.2. The van der Waals surface area contributed by atoms with E-state index in [-0.39, 0.29) is 17.8 Å². The molecule has 1 aromatic carbocycles. The third-order valence-electron chi connectivity index (χ3n) is 5.65. The first kappa shape index (κ1) is 32.4. The Labute approximate surface area is 222 Å². The fourth-order valence-electron chi connectivity index (χ4n) is 3.77. The number of aromatic nitrogens is 1. The van der Waals surface area contributed by atoms with E-state index in [4.69, 9.17) is 24.5 Å². The molecule has 9 nitrogen and oxygen atoms in total. The number of carboxylic acid groups (broad SMARTS) is 2. The Morgan fingerprint density at radius 1 is 0.925 bits per heavy atom. The first-order valence-corrected chi connectivity index (χ1v) is 11.5. The minimum atomic E-state index is -5.08. The lowest BCUT2D eigenvalue weighted by atomic mass is 10.1. The zero-order valence-corrected chi connectivity index (χ0v) is 20.5. The van der Waals surface area contributed by atoms with Crippen molar-refractivity contribution in [3.8, 4) is 0 Å². The summed E-state index contributed by atoms with van der Waals surface area (Å²) in [4.78, 5) is 38.8. The van der Waals surface area contributed by atoms with Crippen LogP contribution in [-0.4, -0.2) is 93.5 Å². The molecule has 2 saturated heterocycles. The number of pyridine rings is 1. The predicted molar refractivity (Wildman–Crippen MR) is 122 cm³/mol. The van der Waals surface area contributed by atoms with Gasteiger partial charge in [-0.15, -0.1) is 0 Å². The lowest BCUT2D eigenvalue weighted by molar-refractivity contribution is -0.193. The molecule has 2 aliphatic rings. The zero-order valence-electron chi connectivity index (χ0n) is 20.5. The second-order valence-electron chi connectivity index (χ2n) is 8.54. The van der Waals surface area contributed by atoms with Crippen LogP contribution in [-0.2, 0) is 20.9 Å². The Hall–Kier alpha value is -3.79. The number of rotatable bonds is 4. The molecular formula is C24H24F7N3O6. The Morgan fingerprint density at radius 2 is 1.50 bits per heavy atom. The standard InChI is InChI=1S/C20H22FN3O2.2C2HF3O2/c21-17-5-3-16(4-6-17)20(25)24-9-8-23-13-19(10-18(23)12-24)26-14-15-2-1-7-22-11-15;2*3-2(4,5)1(6)7/h1-7,11,18-19H,8-10,12-14H2;2*(H,6,7)/t18-,19+;;/m0../s1. The van der Waals surface area contributed by atoms with Gasteiger partial charge < -0.3 is 19.8 Å². The number of carbonyl (C=O) groups excluding carboxylic acids is 1. The van der Waals surface area contributed by atoms with Crippen molar-refractivity contribution in [2.24, 2.45) is 0 Å². The first-order valence-electron chi connectivity index (χ1n) is 11.5. The van der Waals surface area contributed by atoms with Crippen LogP contribution in [0.4, 0.5) is 30.7 Å². The Morgan fingerprint density at radius 3 is 2.00 bits per heavy atom. The monoisotopic (exact) mass is 583 g/mol. The molecule has 3 heterocycles. The molecule has 0 bridgehead atoms. The summed E-state index contributed by atoms with van der Waals surface area (Å²) in [6.45, 7) is 3.72. The van der Waals surface area contributed by atoms with Crippen molar-refractivity contribution < 1.29 is 60.1 Å². The molecule has 0 unspecified atom stereocenters. The predicted octanol–water partition coefficient (Wildman–Crippen LogP) is 3.60. The first-order chi connectivity index (χ1) is 18.6. The van der Waals surface area contributed by atoms with E-state index in [9.17, 15) is 35.5 Å². The Bertz CT molecular complexity index is 1110. The third-order valence-corrected chi connectivity index (χ3v) is 5.65. The van der Waals surface area contributed by atoms with Crippen molar-refractivity contribution in [3.05, 3.63) is 65.7 Å². The molecule has 2 aliphatic heterocycles. The van der Waals surface area contributed by atoms with E-state index in [1.165, 1.54) is 12.1 Å². The number of amides is 1. The number of piperazine rings is 1. The van der Waals surface area contributed by atoms with Gasteiger partial charge in [0.1, 0.15) is 5.82 Å². The quantitative estimate of drug-likeness (QED) is 0.525. The van der Waals surface area contributed by atoms with Crippen LogP contribution in [0.3, 0.4) is 0 Å². The second-order valence-corrected chi connectivity index (χ2v) is 8.54. The molecule has 0 radical (unpaired) electrons. The number of hydrogen-bond donors (Lipinski definition) is 2. The number of nitrogens with zero attached hydrogens (tertiary/aromatic N) is 3. The molecule has 2 aromatic rings. The molecule has 2 fully saturated rings. The van der Waals surface area contributed by atoms with Gasteiger partial charge in [0.05, 0.1) is 12.7 Å². The van der Waals surface area contributed by atoms with Gasteiger partial charge in [-0.05, 0) is 42.3 Å². The van der Waals surface area contributed by atoms with Gasteiger partial charge in [-0.2, -0.15) is 26.3 Å². The Kier molecular flexibility index (Phi) is 11.4. The fourth-order valence-corrected chi connectivity index (χ4v) is 3.77. The number of ether oxygens (including phenoxy) is 1. The van der Waals surface area contributed by atoms with Crippen LogP contribution < -0.4 is 0 Å². The summed E-state index contributed by atoms with van der Waals surface area (Å²) < 4.78 is 82.6. The maximum absolute atomic E-state index is 13.1. The summed E-state index contributed by atoms with van der Waals surface area (Å²) >= 11 is 0. The minimum Gasteiger partial charge on any atom is -0.475 e. The summed E-state index contributed by atoms with van der Waals surface area (Å²) in [6.07, 6.45) is -5.48. The van der Waals surface area contributed by atoms with Crippen LogP contribution in [0.15, 0.2) is 48.8 Å². The summed E-state index contributed by atoms with van der Waals surface area (Å²) in [5.74, 6) is -5.86. The van der Waals surface area contributed by atoms with E-state index in [0.29, 0.717) is 31.3 Å². The molecule has 4 rings (SSSR count). The van der Waals surface area contributed by atoms with Crippen LogP contribution in [0.1, 0.15) is 22.3 Å². The molecule has 16 heteroatoms. The van der Waals surface area contributed by atoms with Crippen molar-refractivity contribution in [2.45, 2.75) is 37.5 Å². The minimum absolute atomic E-state index is 0.0237. The highest BCUT2D eigenvalue weighted by atomic mass is 19.4. The summed E-state index contributed by atoms with van der Waals surface area (Å²) in [5.41, 5.74) is 1.62. The number of halogens is 7. The lowest BCUT2D eigenvalue weighted by Gasteiger charge is -2.37. The third kappa shape index (κ3) is 10.4. The molecule has 1 amide bonds. The second kappa shape index (κ2) is 14.0. The van der Waals surface area contributed by atoms with Crippen molar-refractivity contribution in [1.29, 1.82) is 0 Å². The number of aliphatic carboxylic acids is 2. The SMILES string of the molecule is O=C(O)C(F)(F)F.O=C(O)C(F)(F)F.O=C(c1ccc(F)cc1)N1CCN2C[C@H](OCc3cccnc3)C[C@H]2C1. The number of carboxylic acids is 2. The number of alkyl halides is 6. The van der Waals surface area contributed by atoms with Crippen LogP contribution in [0.2, 0.25) is 0 Å². The maximum Gasteiger partial charge on any atom is 0.490 e. The summed E-state index contributed by atoms with van der Waals surface area (Å²) in [7, 11) is 0. The molecule has 1 aromatic heterocycles. The van der Waals surface area contributed by atoms with Gasteiger partial charge in [0.15, 0.2) is 0 Å². The number of hydrogen-bond acceptors (Lipinski definition) is 6. The number of fused-ring (bicyclic) bond motifs is 1. The van der Waals surface area contributed by atoms with Crippen molar-refractivity contribution in [1.82, 2.24) is 14.8 Å². The molecule has 220 valence electrons. The topological polar surface area (TPSA) is 120 Å². The van der Waals surface area contributed by atoms with E-state index >= 15 is 0 Å². The average Bonchev–Trinajstić information content (AvgIpc) is 3.30. The molecular weight excluding hydrogens is 559 g/mol. The van der Waals surface area contributed by atoms with Gasteiger partial charge in [0.2, 0.25) is 0 Å². The van der Waals surface area contributed by atoms with Crippen molar-refractivity contribution >= 4 is 17.8 Å². The highest BCUT2D eigenvalue weighted by Gasteiger charge is 2.39. The van der Waals surface area contributed by atoms with Crippen LogP contribution in [0.25, 0.3) is 0 Å². The van der Waals surface area contributed by atoms with Gasteiger partial charge in [0, 0.05) is 50.2 Å². The molecule has 0 spiro atoms. The van der Waals surface area contributed by atoms with Crippen LogP contribution in [0, 0.1) is 5.82 Å². The van der Waals surface area contributed by atoms with Gasteiger partial charge in [-0.25, -0.2) is 14.0 Å². The number of benzene rings is 1. The Balaban J connectivity index is 0.000000333. The van der Waals surface area contributed by atoms with Crippen LogP contribution in [0.5, 0.6) is 0 Å². The number of carbonyl (C=O) groups is 3. The van der Waals surface area contributed by atoms with Crippen molar-refractivity contribution in [2.75, 3.05) is 26.2 Å². The molecule has 2 atom stereocenters. The van der Waals surface area contributed by atoms with E-state index in [1.807, 2.05) is 23.2 Å². The molecule has 2 N–H and O–H groups in total.